The Balaban J connectivity index is 1.44. The van der Waals surface area contributed by atoms with Crippen molar-refractivity contribution in [1.29, 1.82) is 0 Å². The topological polar surface area (TPSA) is 121 Å². The molecule has 0 radical (unpaired) electrons. The van der Waals surface area contributed by atoms with Crippen LogP contribution in [0, 0.1) is 6.92 Å². The number of benzene rings is 2. The van der Waals surface area contributed by atoms with Crippen molar-refractivity contribution >= 4 is 17.8 Å². The highest BCUT2D eigenvalue weighted by molar-refractivity contribution is 5.86. The van der Waals surface area contributed by atoms with Gasteiger partial charge in [-0.2, -0.15) is 4.98 Å². The number of hydrogen-bond acceptors (Lipinski definition) is 8. The van der Waals surface area contributed by atoms with Gasteiger partial charge in [0.25, 0.3) is 5.91 Å². The van der Waals surface area contributed by atoms with Gasteiger partial charge in [0.15, 0.2) is 6.61 Å². The minimum Gasteiger partial charge on any atom is -0.467 e. The van der Waals surface area contributed by atoms with Crippen molar-refractivity contribution in [2.24, 2.45) is 0 Å². The van der Waals surface area contributed by atoms with Crippen molar-refractivity contribution < 1.29 is 28.4 Å². The summed E-state index contributed by atoms with van der Waals surface area (Å²) in [5.41, 5.74) is 2.78. The van der Waals surface area contributed by atoms with Crippen molar-refractivity contribution in [3.63, 3.8) is 0 Å². The smallest absolute Gasteiger partial charge is 0.328 e. The van der Waals surface area contributed by atoms with E-state index in [4.69, 9.17) is 14.0 Å². The van der Waals surface area contributed by atoms with Gasteiger partial charge in [-0.3, -0.25) is 9.59 Å². The number of esters is 2. The highest BCUT2D eigenvalue weighted by Crippen LogP contribution is 2.16. The first-order chi connectivity index (χ1) is 15.9. The molecule has 1 unspecified atom stereocenters. The molecule has 0 saturated carbocycles. The van der Waals surface area contributed by atoms with Gasteiger partial charge in [-0.15, -0.1) is 0 Å². The van der Waals surface area contributed by atoms with Crippen LogP contribution in [0.2, 0.25) is 0 Å². The molecule has 1 N–H and O–H groups in total. The number of nitrogens with one attached hydrogen (secondary N) is 1. The summed E-state index contributed by atoms with van der Waals surface area (Å²) >= 11 is 0. The summed E-state index contributed by atoms with van der Waals surface area (Å²) in [4.78, 5) is 40.5. The maximum Gasteiger partial charge on any atom is 0.328 e. The number of nitrogens with zero attached hydrogens (tertiary/aromatic N) is 2. The van der Waals surface area contributed by atoms with Crippen LogP contribution in [0.1, 0.15) is 23.4 Å². The first kappa shape index (κ1) is 23.6. The number of aromatic nitrogens is 2. The Morgan fingerprint density at radius 3 is 2.48 bits per heavy atom. The molecule has 0 bridgehead atoms. The molecule has 1 atom stereocenters. The van der Waals surface area contributed by atoms with E-state index in [1.54, 1.807) is 0 Å². The average Bonchev–Trinajstić information content (AvgIpc) is 3.30. The highest BCUT2D eigenvalue weighted by atomic mass is 16.5. The lowest BCUT2D eigenvalue weighted by atomic mass is 10.1. The van der Waals surface area contributed by atoms with E-state index >= 15 is 0 Å². The first-order valence-corrected chi connectivity index (χ1v) is 10.4. The van der Waals surface area contributed by atoms with Crippen molar-refractivity contribution in [3.05, 3.63) is 71.6 Å². The van der Waals surface area contributed by atoms with Gasteiger partial charge in [-0.05, 0) is 12.5 Å². The lowest BCUT2D eigenvalue weighted by molar-refractivity contribution is -0.150. The number of amides is 1. The van der Waals surface area contributed by atoms with Gasteiger partial charge < -0.3 is 19.3 Å². The van der Waals surface area contributed by atoms with Gasteiger partial charge >= 0.3 is 11.9 Å². The zero-order chi connectivity index (χ0) is 23.6. The molecule has 172 valence electrons. The van der Waals surface area contributed by atoms with E-state index in [-0.39, 0.29) is 19.3 Å². The fourth-order valence-electron chi connectivity index (χ4n) is 3.02. The van der Waals surface area contributed by atoms with E-state index in [0.29, 0.717) is 11.7 Å². The second-order valence-electron chi connectivity index (χ2n) is 7.37. The molecule has 0 aliphatic carbocycles. The zero-order valence-corrected chi connectivity index (χ0v) is 18.4. The third-order valence-electron chi connectivity index (χ3n) is 4.79. The van der Waals surface area contributed by atoms with Gasteiger partial charge in [0.1, 0.15) is 6.04 Å². The van der Waals surface area contributed by atoms with Crippen molar-refractivity contribution in [3.8, 4) is 11.4 Å². The Morgan fingerprint density at radius 2 is 1.79 bits per heavy atom. The minimum atomic E-state index is -0.887. The summed E-state index contributed by atoms with van der Waals surface area (Å²) < 4.78 is 14.9. The summed E-state index contributed by atoms with van der Waals surface area (Å²) in [5, 5.41) is 6.45. The normalized spacial score (nSPS) is 11.5. The summed E-state index contributed by atoms with van der Waals surface area (Å²) in [7, 11) is 1.24. The van der Waals surface area contributed by atoms with Crippen LogP contribution in [0.15, 0.2) is 59.1 Å². The molecule has 0 aliphatic rings. The molecule has 9 heteroatoms. The Labute approximate surface area is 191 Å². The van der Waals surface area contributed by atoms with Crippen LogP contribution in [0.4, 0.5) is 0 Å². The maximum atomic E-state index is 12.2. The molecule has 0 saturated heterocycles. The lowest BCUT2D eigenvalue weighted by Gasteiger charge is -2.16. The fourth-order valence-corrected chi connectivity index (χ4v) is 3.02. The van der Waals surface area contributed by atoms with Crippen LogP contribution in [-0.4, -0.2) is 47.7 Å². The van der Waals surface area contributed by atoms with Crippen LogP contribution in [0.5, 0.6) is 0 Å². The monoisotopic (exact) mass is 451 g/mol. The number of hydrogen-bond donors (Lipinski definition) is 1. The molecule has 3 rings (SSSR count). The van der Waals surface area contributed by atoms with Crippen LogP contribution < -0.4 is 5.32 Å². The van der Waals surface area contributed by atoms with Crippen molar-refractivity contribution in [1.82, 2.24) is 15.5 Å². The molecular weight excluding hydrogens is 426 g/mol. The number of methoxy groups -OCH3 is 1. The Morgan fingerprint density at radius 1 is 1.06 bits per heavy atom. The summed E-state index contributed by atoms with van der Waals surface area (Å²) in [6.45, 7) is 1.47. The van der Waals surface area contributed by atoms with Crippen molar-refractivity contribution in [2.45, 2.75) is 32.2 Å². The van der Waals surface area contributed by atoms with Crippen LogP contribution >= 0.6 is 0 Å². The molecule has 1 amide bonds. The van der Waals surface area contributed by atoms with Crippen LogP contribution in [-0.2, 0) is 36.7 Å². The molecular formula is C24H25N3O6. The lowest BCUT2D eigenvalue weighted by Crippen LogP contribution is -2.44. The van der Waals surface area contributed by atoms with E-state index in [9.17, 15) is 14.4 Å². The molecule has 0 aliphatic heterocycles. The number of aryl methyl sites for hydroxylation is 2. The Bertz CT molecular complexity index is 1080. The average molecular weight is 451 g/mol. The Kier molecular flexibility index (Phi) is 8.29. The minimum absolute atomic E-state index is 0.0345. The Hall–Kier alpha value is -4.01. The van der Waals surface area contributed by atoms with Gasteiger partial charge in [-0.25, -0.2) is 4.79 Å². The second kappa shape index (κ2) is 11.6. The standard InChI is InChI=1S/C24H25N3O6/c1-16-8-10-18(11-9-16)23-26-21(33-27-23)12-13-22(29)32-15-20(28)25-19(24(30)31-2)14-17-6-4-3-5-7-17/h3-11,19H,12-15H2,1-2H3,(H,25,28). The predicted octanol–water partition coefficient (Wildman–Crippen LogP) is 2.42. The number of rotatable bonds is 10. The maximum absolute atomic E-state index is 12.2. The summed E-state index contributed by atoms with van der Waals surface area (Å²) in [6, 6.07) is 16.0. The third kappa shape index (κ3) is 7.27. The van der Waals surface area contributed by atoms with E-state index in [1.165, 1.54) is 7.11 Å². The number of carbonyl (C=O) groups excluding carboxylic acids is 3. The van der Waals surface area contributed by atoms with Crippen LogP contribution in [0.3, 0.4) is 0 Å². The molecule has 1 aromatic heterocycles. The molecule has 0 fully saturated rings. The quantitative estimate of drug-likeness (QED) is 0.467. The first-order valence-electron chi connectivity index (χ1n) is 10.4. The summed E-state index contributed by atoms with van der Waals surface area (Å²) in [5.74, 6) is -1.06. The second-order valence-corrected chi connectivity index (χ2v) is 7.37. The van der Waals surface area contributed by atoms with Crippen LogP contribution in [0.25, 0.3) is 11.4 Å². The zero-order valence-electron chi connectivity index (χ0n) is 18.4. The molecule has 0 spiro atoms. The number of carbonyl (C=O) groups is 3. The molecule has 9 nitrogen and oxygen atoms in total. The van der Waals surface area contributed by atoms with Gasteiger partial charge in [0.05, 0.1) is 13.5 Å². The summed E-state index contributed by atoms with van der Waals surface area (Å²) in [6.07, 6.45) is 0.402. The third-order valence-corrected chi connectivity index (χ3v) is 4.79. The molecule has 3 aromatic rings. The van der Waals surface area contributed by atoms with Gasteiger partial charge in [-0.1, -0.05) is 65.3 Å². The SMILES string of the molecule is COC(=O)C(Cc1ccccc1)NC(=O)COC(=O)CCc1nc(-c2ccc(C)cc2)no1. The largest absolute Gasteiger partial charge is 0.467 e. The predicted molar refractivity (Wildman–Crippen MR) is 118 cm³/mol. The molecule has 1 heterocycles. The fraction of sp³-hybridized carbons (Fsp3) is 0.292. The van der Waals surface area contributed by atoms with Gasteiger partial charge in [0.2, 0.25) is 11.7 Å². The van der Waals surface area contributed by atoms with Crippen molar-refractivity contribution in [2.75, 3.05) is 13.7 Å². The van der Waals surface area contributed by atoms with E-state index in [1.807, 2.05) is 61.5 Å². The highest BCUT2D eigenvalue weighted by Gasteiger charge is 2.22. The van der Waals surface area contributed by atoms with E-state index < -0.39 is 30.5 Å². The van der Waals surface area contributed by atoms with E-state index in [0.717, 1.165) is 16.7 Å². The molecule has 2 aromatic carbocycles. The van der Waals surface area contributed by atoms with E-state index in [2.05, 4.69) is 15.5 Å². The molecule has 33 heavy (non-hydrogen) atoms. The number of ether oxygens (including phenoxy) is 2. The van der Waals surface area contributed by atoms with Gasteiger partial charge in [0, 0.05) is 18.4 Å².